The van der Waals surface area contributed by atoms with E-state index < -0.39 is 18.1 Å². The lowest BCUT2D eigenvalue weighted by Gasteiger charge is -2.33. The van der Waals surface area contributed by atoms with Gasteiger partial charge >= 0.3 is 0 Å². The fraction of sp³-hybridized carbons (Fsp3) is 0.531. The van der Waals surface area contributed by atoms with Crippen LogP contribution in [0.5, 0.6) is 5.75 Å². The van der Waals surface area contributed by atoms with E-state index in [0.717, 1.165) is 49.1 Å². The fourth-order valence-corrected chi connectivity index (χ4v) is 6.18. The van der Waals surface area contributed by atoms with Gasteiger partial charge in [-0.1, -0.05) is 42.5 Å². The van der Waals surface area contributed by atoms with Gasteiger partial charge in [0.05, 0.1) is 13.2 Å². The van der Waals surface area contributed by atoms with Gasteiger partial charge < -0.3 is 30.9 Å². The quantitative estimate of drug-likeness (QED) is 0.297. The van der Waals surface area contributed by atoms with Crippen LogP contribution in [0.1, 0.15) is 43.2 Å². The first kappa shape index (κ1) is 30.5. The molecular formula is C32H45N5O4. The van der Waals surface area contributed by atoms with E-state index in [1.54, 1.807) is 19.1 Å². The fourth-order valence-electron chi connectivity index (χ4n) is 6.18. The van der Waals surface area contributed by atoms with Crippen LogP contribution in [0.25, 0.3) is 0 Å². The molecule has 0 aliphatic carbocycles. The maximum Gasteiger partial charge on any atom is 0.246 e. The molecule has 222 valence electrons. The number of methoxy groups -OCH3 is 1. The molecule has 5 atom stereocenters. The van der Waals surface area contributed by atoms with Crippen LogP contribution >= 0.6 is 0 Å². The number of nitrogens with one attached hydrogen (secondary N) is 4. The lowest BCUT2D eigenvalue weighted by molar-refractivity contribution is -0.143. The molecule has 41 heavy (non-hydrogen) atoms. The van der Waals surface area contributed by atoms with Gasteiger partial charge in [-0.2, -0.15) is 0 Å². The molecule has 3 amide bonds. The molecule has 0 aromatic heterocycles. The van der Waals surface area contributed by atoms with Crippen LogP contribution in [-0.2, 0) is 27.2 Å². The van der Waals surface area contributed by atoms with E-state index in [0.29, 0.717) is 25.8 Å². The van der Waals surface area contributed by atoms with Gasteiger partial charge in [0.25, 0.3) is 0 Å². The summed E-state index contributed by atoms with van der Waals surface area (Å²) >= 11 is 0. The van der Waals surface area contributed by atoms with E-state index in [1.165, 1.54) is 0 Å². The molecular weight excluding hydrogens is 518 g/mol. The van der Waals surface area contributed by atoms with E-state index in [2.05, 4.69) is 21.3 Å². The molecule has 2 saturated heterocycles. The third-order valence-electron chi connectivity index (χ3n) is 8.55. The van der Waals surface area contributed by atoms with E-state index in [1.807, 2.05) is 61.6 Å². The zero-order valence-corrected chi connectivity index (χ0v) is 24.5. The van der Waals surface area contributed by atoms with Crippen molar-refractivity contribution in [1.82, 2.24) is 26.2 Å². The van der Waals surface area contributed by atoms with Gasteiger partial charge in [-0.05, 0) is 94.8 Å². The lowest BCUT2D eigenvalue weighted by atomic mass is 9.90. The largest absolute Gasteiger partial charge is 0.497 e. The molecule has 0 spiro atoms. The number of carbonyl (C=O) groups is 3. The highest BCUT2D eigenvalue weighted by Gasteiger charge is 2.47. The highest BCUT2D eigenvalue weighted by molar-refractivity contribution is 5.94. The molecule has 0 saturated carbocycles. The molecule has 4 rings (SSSR count). The molecule has 0 bridgehead atoms. The first-order valence-electron chi connectivity index (χ1n) is 14.8. The minimum absolute atomic E-state index is 0.00230. The van der Waals surface area contributed by atoms with Crippen LogP contribution in [0, 0.1) is 5.92 Å². The van der Waals surface area contributed by atoms with Crippen LogP contribution in [-0.4, -0.2) is 81.1 Å². The van der Waals surface area contributed by atoms with Crippen molar-refractivity contribution < 1.29 is 19.1 Å². The number of benzene rings is 2. The second-order valence-electron chi connectivity index (χ2n) is 11.1. The van der Waals surface area contributed by atoms with Crippen LogP contribution in [0.3, 0.4) is 0 Å². The summed E-state index contributed by atoms with van der Waals surface area (Å²) in [5.74, 6) is 0.347. The van der Waals surface area contributed by atoms with Crippen LogP contribution in [0.4, 0.5) is 0 Å². The Morgan fingerprint density at radius 3 is 2.37 bits per heavy atom. The molecule has 0 radical (unpaired) electrons. The van der Waals surface area contributed by atoms with E-state index in [-0.39, 0.29) is 29.7 Å². The zero-order chi connectivity index (χ0) is 29.2. The smallest absolute Gasteiger partial charge is 0.246 e. The first-order chi connectivity index (χ1) is 19.9. The number of ether oxygens (including phenoxy) is 1. The number of carbonyl (C=O) groups excluding carboxylic acids is 3. The summed E-state index contributed by atoms with van der Waals surface area (Å²) in [6.07, 6.45) is 5.09. The lowest BCUT2D eigenvalue weighted by Crippen LogP contribution is -2.58. The number of likely N-dealkylation sites (N-methyl/N-ethyl adjacent to an activating group) is 1. The van der Waals surface area contributed by atoms with Crippen LogP contribution in [0.2, 0.25) is 0 Å². The second-order valence-corrected chi connectivity index (χ2v) is 11.1. The summed E-state index contributed by atoms with van der Waals surface area (Å²) in [6.45, 7) is 1.24. The molecule has 2 aliphatic heterocycles. The van der Waals surface area contributed by atoms with Crippen molar-refractivity contribution in [2.45, 2.75) is 69.1 Å². The molecule has 2 aromatic carbocycles. The number of nitrogens with zero attached hydrogens (tertiary/aromatic N) is 1. The maximum absolute atomic E-state index is 14.2. The van der Waals surface area contributed by atoms with Gasteiger partial charge in [0.15, 0.2) is 0 Å². The van der Waals surface area contributed by atoms with Gasteiger partial charge in [0, 0.05) is 12.6 Å². The van der Waals surface area contributed by atoms with E-state index in [4.69, 9.17) is 4.74 Å². The van der Waals surface area contributed by atoms with Gasteiger partial charge in [-0.3, -0.25) is 14.4 Å². The SMILES string of the molecule is CNCC[C@H]1CCC2CC[C@@H](C(=O)NCCc3ccc(OC)cc3)N2C(=O)C1NC(=O)C(Cc1ccccc1)NC. The number of amides is 3. The summed E-state index contributed by atoms with van der Waals surface area (Å²) in [5.41, 5.74) is 2.15. The Balaban J connectivity index is 1.44. The van der Waals surface area contributed by atoms with Crippen LogP contribution < -0.4 is 26.0 Å². The summed E-state index contributed by atoms with van der Waals surface area (Å²) in [6, 6.07) is 16.0. The van der Waals surface area contributed by atoms with Gasteiger partial charge in [-0.25, -0.2) is 0 Å². The summed E-state index contributed by atoms with van der Waals surface area (Å²) in [7, 11) is 5.30. The molecule has 2 fully saturated rings. The summed E-state index contributed by atoms with van der Waals surface area (Å²) < 4.78 is 5.22. The van der Waals surface area contributed by atoms with Crippen LogP contribution in [0.15, 0.2) is 54.6 Å². The minimum Gasteiger partial charge on any atom is -0.497 e. The monoisotopic (exact) mass is 563 g/mol. The highest BCUT2D eigenvalue weighted by Crippen LogP contribution is 2.35. The van der Waals surface area contributed by atoms with Crippen molar-refractivity contribution in [3.05, 3.63) is 65.7 Å². The minimum atomic E-state index is -0.667. The van der Waals surface area contributed by atoms with Crippen molar-refractivity contribution in [3.63, 3.8) is 0 Å². The Labute approximate surface area is 243 Å². The van der Waals surface area contributed by atoms with Gasteiger partial charge in [0.1, 0.15) is 17.8 Å². The van der Waals surface area contributed by atoms with Crippen molar-refractivity contribution in [2.75, 3.05) is 34.3 Å². The van der Waals surface area contributed by atoms with Gasteiger partial charge in [-0.15, -0.1) is 0 Å². The predicted molar refractivity (Wildman–Crippen MR) is 160 cm³/mol. The summed E-state index contributed by atoms with van der Waals surface area (Å²) in [4.78, 5) is 42.8. The standard InChI is InChI=1S/C32H45N5O4/c1-33-19-18-24-11-12-25-13-16-28(31(39)35-20-17-22-9-14-26(41-3)15-10-22)37(25)32(40)29(24)36-30(38)27(34-2)21-23-7-5-4-6-8-23/h4-10,14-15,24-25,27-29,33-34H,11-13,16-21H2,1-3H3,(H,35,39)(H,36,38)/t24-,25?,27?,28+,29?/m1/s1. The molecule has 9 nitrogen and oxygen atoms in total. The average molecular weight is 564 g/mol. The van der Waals surface area contributed by atoms with E-state index in [9.17, 15) is 14.4 Å². The van der Waals surface area contributed by atoms with Crippen molar-refractivity contribution in [1.29, 1.82) is 0 Å². The van der Waals surface area contributed by atoms with Gasteiger partial charge in [0.2, 0.25) is 17.7 Å². The van der Waals surface area contributed by atoms with Crippen molar-refractivity contribution >= 4 is 17.7 Å². The van der Waals surface area contributed by atoms with Crippen molar-refractivity contribution in [2.24, 2.45) is 5.92 Å². The topological polar surface area (TPSA) is 112 Å². The number of fused-ring (bicyclic) bond motifs is 1. The Morgan fingerprint density at radius 1 is 0.951 bits per heavy atom. The Bertz CT molecular complexity index is 1140. The predicted octanol–water partition coefficient (Wildman–Crippen LogP) is 2.05. The summed E-state index contributed by atoms with van der Waals surface area (Å²) in [5, 5.41) is 12.5. The second kappa shape index (κ2) is 15.0. The van der Waals surface area contributed by atoms with Crippen molar-refractivity contribution in [3.8, 4) is 5.75 Å². The maximum atomic E-state index is 14.2. The molecule has 3 unspecified atom stereocenters. The third-order valence-corrected chi connectivity index (χ3v) is 8.55. The molecule has 4 N–H and O–H groups in total. The normalized spacial score (nSPS) is 22.9. The molecule has 2 aromatic rings. The highest BCUT2D eigenvalue weighted by atomic mass is 16.5. The number of hydrogen-bond acceptors (Lipinski definition) is 6. The number of hydrogen-bond donors (Lipinski definition) is 4. The first-order valence-corrected chi connectivity index (χ1v) is 14.8. The molecule has 2 heterocycles. The molecule has 9 heteroatoms. The number of rotatable bonds is 13. The zero-order valence-electron chi connectivity index (χ0n) is 24.5. The Kier molecular flexibility index (Phi) is 11.2. The molecule has 2 aliphatic rings. The Hall–Kier alpha value is -3.43. The third kappa shape index (κ3) is 7.86. The Morgan fingerprint density at radius 2 is 1.68 bits per heavy atom. The van der Waals surface area contributed by atoms with E-state index >= 15 is 0 Å². The average Bonchev–Trinajstić information content (AvgIpc) is 3.38.